The van der Waals surface area contributed by atoms with Crippen molar-refractivity contribution in [2.45, 2.75) is 58.5 Å². The third-order valence-electron chi connectivity index (χ3n) is 4.01. The maximum absolute atomic E-state index is 10.3. The van der Waals surface area contributed by atoms with Crippen molar-refractivity contribution in [3.63, 3.8) is 0 Å². The average molecular weight is 213 g/mol. The molecule has 1 unspecified atom stereocenters. The second kappa shape index (κ2) is 5.86. The molecule has 2 nitrogen and oxygen atoms in total. The minimum Gasteiger partial charge on any atom is -0.389 e. The Morgan fingerprint density at radius 1 is 1.27 bits per heavy atom. The molecule has 0 spiro atoms. The molecule has 90 valence electrons. The highest BCUT2D eigenvalue weighted by Gasteiger charge is 2.28. The molecule has 1 N–H and O–H groups in total. The predicted molar refractivity (Wildman–Crippen MR) is 65.0 cm³/mol. The van der Waals surface area contributed by atoms with Crippen molar-refractivity contribution in [2.24, 2.45) is 5.92 Å². The van der Waals surface area contributed by atoms with E-state index in [1.807, 2.05) is 0 Å². The lowest BCUT2D eigenvalue weighted by Gasteiger charge is -2.38. The molecular weight excluding hydrogens is 186 g/mol. The maximum Gasteiger partial charge on any atom is 0.0768 e. The SMILES string of the molecule is CCC1CCCN(CC(O)(CC)CC)C1. The first-order valence-electron chi connectivity index (χ1n) is 6.58. The molecular formula is C13H27NO. The minimum absolute atomic E-state index is 0.449. The van der Waals surface area contributed by atoms with Crippen molar-refractivity contribution in [2.75, 3.05) is 19.6 Å². The van der Waals surface area contributed by atoms with Gasteiger partial charge in [-0.05, 0) is 38.1 Å². The highest BCUT2D eigenvalue weighted by molar-refractivity contribution is 4.82. The summed E-state index contributed by atoms with van der Waals surface area (Å²) >= 11 is 0. The fourth-order valence-corrected chi connectivity index (χ4v) is 2.52. The summed E-state index contributed by atoms with van der Waals surface area (Å²) in [6.45, 7) is 9.70. The van der Waals surface area contributed by atoms with E-state index in [9.17, 15) is 5.11 Å². The number of hydrogen-bond acceptors (Lipinski definition) is 2. The molecule has 0 aromatic heterocycles. The Kier molecular flexibility index (Phi) is 5.07. The topological polar surface area (TPSA) is 23.5 Å². The van der Waals surface area contributed by atoms with Crippen molar-refractivity contribution in [1.29, 1.82) is 0 Å². The smallest absolute Gasteiger partial charge is 0.0768 e. The van der Waals surface area contributed by atoms with Crippen molar-refractivity contribution >= 4 is 0 Å². The number of rotatable bonds is 5. The standard InChI is InChI=1S/C13H27NO/c1-4-12-8-7-9-14(10-12)11-13(15,5-2)6-3/h12,15H,4-11H2,1-3H3. The lowest BCUT2D eigenvalue weighted by molar-refractivity contribution is -0.0138. The summed E-state index contributed by atoms with van der Waals surface area (Å²) in [4.78, 5) is 2.46. The first kappa shape index (κ1) is 13.0. The van der Waals surface area contributed by atoms with Gasteiger partial charge >= 0.3 is 0 Å². The summed E-state index contributed by atoms with van der Waals surface area (Å²) in [5.74, 6) is 0.858. The summed E-state index contributed by atoms with van der Waals surface area (Å²) in [7, 11) is 0. The summed E-state index contributed by atoms with van der Waals surface area (Å²) < 4.78 is 0. The maximum atomic E-state index is 10.3. The van der Waals surface area contributed by atoms with Crippen LogP contribution in [0.5, 0.6) is 0 Å². The first-order chi connectivity index (χ1) is 7.13. The molecule has 1 fully saturated rings. The van der Waals surface area contributed by atoms with Crippen LogP contribution in [0.3, 0.4) is 0 Å². The van der Waals surface area contributed by atoms with E-state index in [1.165, 1.54) is 32.4 Å². The second-order valence-electron chi connectivity index (χ2n) is 5.08. The van der Waals surface area contributed by atoms with Gasteiger partial charge in [-0.25, -0.2) is 0 Å². The molecule has 0 aromatic carbocycles. The van der Waals surface area contributed by atoms with Crippen LogP contribution in [-0.4, -0.2) is 35.2 Å². The van der Waals surface area contributed by atoms with Gasteiger partial charge in [0.15, 0.2) is 0 Å². The van der Waals surface area contributed by atoms with Crippen LogP contribution in [0.25, 0.3) is 0 Å². The van der Waals surface area contributed by atoms with E-state index in [4.69, 9.17) is 0 Å². The zero-order valence-corrected chi connectivity index (χ0v) is 10.6. The summed E-state index contributed by atoms with van der Waals surface area (Å²) in [5, 5.41) is 10.3. The van der Waals surface area contributed by atoms with Crippen LogP contribution >= 0.6 is 0 Å². The Morgan fingerprint density at radius 3 is 2.47 bits per heavy atom. The van der Waals surface area contributed by atoms with Crippen LogP contribution in [0.4, 0.5) is 0 Å². The fourth-order valence-electron chi connectivity index (χ4n) is 2.52. The zero-order chi connectivity index (χ0) is 11.3. The van der Waals surface area contributed by atoms with Crippen LogP contribution in [0.1, 0.15) is 52.9 Å². The normalized spacial score (nSPS) is 24.4. The number of nitrogens with zero attached hydrogens (tertiary/aromatic N) is 1. The minimum atomic E-state index is -0.449. The molecule has 0 aliphatic carbocycles. The molecule has 1 atom stereocenters. The van der Waals surface area contributed by atoms with Gasteiger partial charge in [0, 0.05) is 13.1 Å². The molecule has 0 aromatic rings. The van der Waals surface area contributed by atoms with Gasteiger partial charge < -0.3 is 10.0 Å². The third kappa shape index (κ3) is 3.76. The van der Waals surface area contributed by atoms with E-state index >= 15 is 0 Å². The molecule has 0 amide bonds. The Morgan fingerprint density at radius 2 is 1.93 bits per heavy atom. The van der Waals surface area contributed by atoms with Gasteiger partial charge in [0.05, 0.1) is 5.60 Å². The van der Waals surface area contributed by atoms with Crippen LogP contribution in [0.2, 0.25) is 0 Å². The number of likely N-dealkylation sites (tertiary alicyclic amines) is 1. The summed E-state index contributed by atoms with van der Waals surface area (Å²) in [6.07, 6.45) is 5.71. The average Bonchev–Trinajstić information content (AvgIpc) is 2.29. The van der Waals surface area contributed by atoms with Crippen molar-refractivity contribution in [1.82, 2.24) is 4.90 Å². The second-order valence-corrected chi connectivity index (χ2v) is 5.08. The predicted octanol–water partition coefficient (Wildman–Crippen LogP) is 2.66. The van der Waals surface area contributed by atoms with Gasteiger partial charge in [-0.1, -0.05) is 27.2 Å². The summed E-state index contributed by atoms with van der Waals surface area (Å²) in [6, 6.07) is 0. The Bertz CT molecular complexity index is 177. The molecule has 1 aliphatic rings. The van der Waals surface area contributed by atoms with Crippen LogP contribution in [0.15, 0.2) is 0 Å². The van der Waals surface area contributed by atoms with E-state index in [0.717, 1.165) is 25.3 Å². The van der Waals surface area contributed by atoms with Crippen molar-refractivity contribution in [3.05, 3.63) is 0 Å². The molecule has 0 radical (unpaired) electrons. The zero-order valence-electron chi connectivity index (χ0n) is 10.6. The van der Waals surface area contributed by atoms with Crippen molar-refractivity contribution in [3.8, 4) is 0 Å². The molecule has 15 heavy (non-hydrogen) atoms. The van der Waals surface area contributed by atoms with E-state index in [-0.39, 0.29) is 0 Å². The fraction of sp³-hybridized carbons (Fsp3) is 1.00. The Hall–Kier alpha value is -0.0800. The number of β-amino-alcohol motifs (C(OH)–C–C–N with tert-alkyl or cyclic N) is 1. The van der Waals surface area contributed by atoms with Gasteiger partial charge in [0.1, 0.15) is 0 Å². The van der Waals surface area contributed by atoms with Gasteiger partial charge in [-0.3, -0.25) is 0 Å². The quantitative estimate of drug-likeness (QED) is 0.759. The van der Waals surface area contributed by atoms with Gasteiger partial charge in [-0.15, -0.1) is 0 Å². The first-order valence-corrected chi connectivity index (χ1v) is 6.58. The van der Waals surface area contributed by atoms with Crippen LogP contribution < -0.4 is 0 Å². The lowest BCUT2D eigenvalue weighted by Crippen LogP contribution is -2.46. The van der Waals surface area contributed by atoms with Gasteiger partial charge in [-0.2, -0.15) is 0 Å². The number of hydrogen-bond donors (Lipinski definition) is 1. The molecule has 0 saturated carbocycles. The van der Waals surface area contributed by atoms with Crippen LogP contribution in [-0.2, 0) is 0 Å². The van der Waals surface area contributed by atoms with Crippen molar-refractivity contribution < 1.29 is 5.11 Å². The third-order valence-corrected chi connectivity index (χ3v) is 4.01. The van der Waals surface area contributed by atoms with E-state index in [2.05, 4.69) is 25.7 Å². The molecule has 2 heteroatoms. The molecule has 1 rings (SSSR count). The molecule has 1 saturated heterocycles. The molecule has 1 aliphatic heterocycles. The summed E-state index contributed by atoms with van der Waals surface area (Å²) in [5.41, 5.74) is -0.449. The van der Waals surface area contributed by atoms with E-state index in [1.54, 1.807) is 0 Å². The largest absolute Gasteiger partial charge is 0.389 e. The lowest BCUT2D eigenvalue weighted by atomic mass is 9.92. The highest BCUT2D eigenvalue weighted by atomic mass is 16.3. The Labute approximate surface area is 94.7 Å². The Balaban J connectivity index is 2.43. The van der Waals surface area contributed by atoms with E-state index in [0.29, 0.717) is 0 Å². The highest BCUT2D eigenvalue weighted by Crippen LogP contribution is 2.23. The van der Waals surface area contributed by atoms with E-state index < -0.39 is 5.60 Å². The number of aliphatic hydroxyl groups is 1. The van der Waals surface area contributed by atoms with Crippen LogP contribution in [0, 0.1) is 5.92 Å². The number of piperidine rings is 1. The monoisotopic (exact) mass is 213 g/mol. The molecule has 0 bridgehead atoms. The van der Waals surface area contributed by atoms with Gasteiger partial charge in [0.2, 0.25) is 0 Å². The molecule has 1 heterocycles. The van der Waals surface area contributed by atoms with Gasteiger partial charge in [0.25, 0.3) is 0 Å².